The minimum absolute atomic E-state index is 0.254. The van der Waals surface area contributed by atoms with Crippen LogP contribution in [0.1, 0.15) is 5.56 Å². The van der Waals surface area contributed by atoms with E-state index in [4.69, 9.17) is 0 Å². The fourth-order valence-corrected chi connectivity index (χ4v) is 1.92. The largest absolute Gasteiger partial charge is 0.457 e. The van der Waals surface area contributed by atoms with E-state index in [0.29, 0.717) is 0 Å². The monoisotopic (exact) mass is 239 g/mol. The second-order valence-corrected chi connectivity index (χ2v) is 4.56. The lowest BCUT2D eigenvalue weighted by atomic mass is 10.2. The van der Waals surface area contributed by atoms with Gasteiger partial charge in [-0.2, -0.15) is 17.3 Å². The lowest BCUT2D eigenvalue weighted by molar-refractivity contribution is -0.0331. The third-order valence-electron chi connectivity index (χ3n) is 1.34. The lowest BCUT2D eigenvalue weighted by Crippen LogP contribution is -2.06. The lowest BCUT2D eigenvalue weighted by Gasteiger charge is -2.05. The van der Waals surface area contributed by atoms with Crippen molar-refractivity contribution in [2.24, 2.45) is 0 Å². The molecule has 0 spiro atoms. The van der Waals surface area contributed by atoms with Crippen molar-refractivity contribution in [2.75, 3.05) is 0 Å². The van der Waals surface area contributed by atoms with E-state index in [1.165, 1.54) is 0 Å². The van der Waals surface area contributed by atoms with Crippen LogP contribution in [0.4, 0.5) is 13.2 Å². The van der Waals surface area contributed by atoms with Crippen molar-refractivity contribution in [2.45, 2.75) is 17.3 Å². The molecule has 0 unspecified atom stereocenters. The molecule has 0 aliphatic rings. The first-order chi connectivity index (χ1) is 6.47. The SMILES string of the molecule is Cc1ccc(SNSC(F)(F)F)cc1. The van der Waals surface area contributed by atoms with Crippen molar-refractivity contribution in [1.29, 1.82) is 0 Å². The molecule has 0 aliphatic carbocycles. The highest BCUT2D eigenvalue weighted by atomic mass is 32.2. The Morgan fingerprint density at radius 1 is 1.14 bits per heavy atom. The van der Waals surface area contributed by atoms with E-state index in [2.05, 4.69) is 4.13 Å². The Balaban J connectivity index is 2.35. The highest BCUT2D eigenvalue weighted by Gasteiger charge is 2.28. The number of aryl methyl sites for hydroxylation is 1. The van der Waals surface area contributed by atoms with Crippen molar-refractivity contribution >= 4 is 23.9 Å². The predicted molar refractivity (Wildman–Crippen MR) is 53.8 cm³/mol. The molecular weight excluding hydrogens is 231 g/mol. The number of rotatable bonds is 3. The minimum Gasteiger partial charge on any atom is -0.196 e. The molecule has 14 heavy (non-hydrogen) atoms. The van der Waals surface area contributed by atoms with Crippen LogP contribution in [0.2, 0.25) is 0 Å². The van der Waals surface area contributed by atoms with Gasteiger partial charge >= 0.3 is 5.51 Å². The highest BCUT2D eigenvalue weighted by Crippen LogP contribution is 2.30. The number of hydrogen-bond donors (Lipinski definition) is 1. The molecule has 0 saturated carbocycles. The van der Waals surface area contributed by atoms with E-state index in [1.807, 2.05) is 19.1 Å². The van der Waals surface area contributed by atoms with Crippen LogP contribution in [-0.2, 0) is 0 Å². The molecule has 1 nitrogen and oxygen atoms in total. The molecule has 1 aromatic rings. The molecule has 1 N–H and O–H groups in total. The average molecular weight is 239 g/mol. The number of halogens is 3. The zero-order chi connectivity index (χ0) is 10.6. The van der Waals surface area contributed by atoms with Gasteiger partial charge in [0.2, 0.25) is 0 Å². The van der Waals surface area contributed by atoms with Crippen LogP contribution in [0.3, 0.4) is 0 Å². The third kappa shape index (κ3) is 4.78. The average Bonchev–Trinajstić information content (AvgIpc) is 2.06. The maximum absolute atomic E-state index is 11.7. The molecule has 0 amide bonds. The first-order valence-electron chi connectivity index (χ1n) is 3.70. The number of nitrogens with one attached hydrogen (secondary N) is 1. The molecule has 0 aromatic heterocycles. The number of alkyl halides is 3. The van der Waals surface area contributed by atoms with Gasteiger partial charge in [0.05, 0.1) is 0 Å². The molecule has 0 fully saturated rings. The summed E-state index contributed by atoms with van der Waals surface area (Å²) in [5.41, 5.74) is -3.16. The van der Waals surface area contributed by atoms with Crippen LogP contribution in [0, 0.1) is 6.92 Å². The van der Waals surface area contributed by atoms with Crippen molar-refractivity contribution in [3.05, 3.63) is 29.8 Å². The van der Waals surface area contributed by atoms with E-state index >= 15 is 0 Å². The van der Waals surface area contributed by atoms with Gasteiger partial charge < -0.3 is 0 Å². The third-order valence-corrected chi connectivity index (χ3v) is 2.74. The fourth-order valence-electron chi connectivity index (χ4n) is 0.723. The first kappa shape index (κ1) is 11.7. The summed E-state index contributed by atoms with van der Waals surface area (Å²) in [6, 6.07) is 7.23. The Bertz CT molecular complexity index is 284. The smallest absolute Gasteiger partial charge is 0.196 e. The first-order valence-corrected chi connectivity index (χ1v) is 5.34. The molecule has 0 aliphatic heterocycles. The Kier molecular flexibility index (Phi) is 4.15. The second-order valence-electron chi connectivity index (χ2n) is 2.55. The van der Waals surface area contributed by atoms with E-state index < -0.39 is 5.51 Å². The molecule has 78 valence electrons. The van der Waals surface area contributed by atoms with Gasteiger partial charge in [0.25, 0.3) is 0 Å². The van der Waals surface area contributed by atoms with Gasteiger partial charge in [-0.15, -0.1) is 0 Å². The van der Waals surface area contributed by atoms with Gasteiger partial charge in [-0.3, -0.25) is 0 Å². The standard InChI is InChI=1S/C8H8F3NS2/c1-6-2-4-7(5-3-6)13-12-14-8(9,10)11/h2-5,12H,1H3. The summed E-state index contributed by atoms with van der Waals surface area (Å²) >= 11 is 0.695. The fraction of sp³-hybridized carbons (Fsp3) is 0.250. The van der Waals surface area contributed by atoms with E-state index in [1.54, 1.807) is 12.1 Å². The quantitative estimate of drug-likeness (QED) is 0.806. The summed E-state index contributed by atoms with van der Waals surface area (Å²) in [5.74, 6) is 0. The summed E-state index contributed by atoms with van der Waals surface area (Å²) in [7, 11) is 0. The molecular formula is C8H8F3NS2. The van der Waals surface area contributed by atoms with Crippen LogP contribution in [-0.4, -0.2) is 5.51 Å². The van der Waals surface area contributed by atoms with Gasteiger partial charge in [0.1, 0.15) is 0 Å². The van der Waals surface area contributed by atoms with Crippen molar-refractivity contribution < 1.29 is 13.2 Å². The second kappa shape index (κ2) is 4.95. The molecule has 0 saturated heterocycles. The summed E-state index contributed by atoms with van der Waals surface area (Å²) in [6.45, 7) is 1.92. The summed E-state index contributed by atoms with van der Waals surface area (Å²) in [4.78, 5) is 0.757. The minimum atomic E-state index is -4.24. The topological polar surface area (TPSA) is 12.0 Å². The molecule has 0 heterocycles. The Morgan fingerprint density at radius 3 is 2.21 bits per heavy atom. The number of hydrogen-bond acceptors (Lipinski definition) is 3. The van der Waals surface area contributed by atoms with Crippen LogP contribution in [0.5, 0.6) is 0 Å². The van der Waals surface area contributed by atoms with Crippen molar-refractivity contribution in [1.82, 2.24) is 4.13 Å². The predicted octanol–water partition coefficient (Wildman–Crippen LogP) is 3.76. The summed E-state index contributed by atoms with van der Waals surface area (Å²) in [6.07, 6.45) is 0. The highest BCUT2D eigenvalue weighted by molar-refractivity contribution is 8.13. The van der Waals surface area contributed by atoms with Crippen LogP contribution in [0.25, 0.3) is 0 Å². The van der Waals surface area contributed by atoms with Gasteiger partial charge in [0.15, 0.2) is 0 Å². The zero-order valence-electron chi connectivity index (χ0n) is 7.26. The zero-order valence-corrected chi connectivity index (χ0v) is 8.89. The maximum Gasteiger partial charge on any atom is 0.457 e. The Hall–Kier alpha value is -0.330. The van der Waals surface area contributed by atoms with E-state index in [9.17, 15) is 13.2 Å². The molecule has 0 radical (unpaired) electrons. The Labute approximate surface area is 88.7 Å². The van der Waals surface area contributed by atoms with Gasteiger partial charge in [0, 0.05) is 16.8 Å². The van der Waals surface area contributed by atoms with Crippen molar-refractivity contribution in [3.63, 3.8) is 0 Å². The van der Waals surface area contributed by atoms with Crippen LogP contribution >= 0.6 is 23.9 Å². The molecule has 1 rings (SSSR count). The molecule has 0 bridgehead atoms. The van der Waals surface area contributed by atoms with Crippen LogP contribution < -0.4 is 4.13 Å². The number of benzene rings is 1. The Morgan fingerprint density at radius 2 is 1.71 bits per heavy atom. The maximum atomic E-state index is 11.7. The summed E-state index contributed by atoms with van der Waals surface area (Å²) < 4.78 is 37.3. The molecule has 1 aromatic carbocycles. The summed E-state index contributed by atoms with van der Waals surface area (Å²) in [5, 5.41) is 0. The van der Waals surface area contributed by atoms with Gasteiger partial charge in [-0.1, -0.05) is 17.7 Å². The normalized spacial score (nSPS) is 11.7. The van der Waals surface area contributed by atoms with Crippen LogP contribution in [0.15, 0.2) is 29.2 Å². The van der Waals surface area contributed by atoms with Gasteiger partial charge in [-0.25, -0.2) is 0 Å². The van der Waals surface area contributed by atoms with Gasteiger partial charge in [-0.05, 0) is 31.0 Å². The molecule has 6 heteroatoms. The van der Waals surface area contributed by atoms with E-state index in [-0.39, 0.29) is 11.9 Å². The van der Waals surface area contributed by atoms with E-state index in [0.717, 1.165) is 22.4 Å². The molecule has 0 atom stereocenters. The van der Waals surface area contributed by atoms with Crippen molar-refractivity contribution in [3.8, 4) is 0 Å².